The molecule has 6 heteroatoms. The zero-order chi connectivity index (χ0) is 13.8. The molecule has 0 aromatic heterocycles. The summed E-state index contributed by atoms with van der Waals surface area (Å²) in [6, 6.07) is 6.73. The lowest BCUT2D eigenvalue weighted by molar-refractivity contribution is -0.385. The fourth-order valence-electron chi connectivity index (χ4n) is 2.24. The van der Waals surface area contributed by atoms with Crippen molar-refractivity contribution in [3.63, 3.8) is 0 Å². The summed E-state index contributed by atoms with van der Waals surface area (Å²) in [6.45, 7) is 0.506. The molecule has 1 saturated heterocycles. The number of likely N-dealkylation sites (N-methyl/N-ethyl adjacent to an activating group) is 1. The molecule has 0 amide bonds. The second-order valence-electron chi connectivity index (χ2n) is 4.82. The van der Waals surface area contributed by atoms with Gasteiger partial charge < -0.3 is 5.11 Å². The van der Waals surface area contributed by atoms with Crippen LogP contribution in [0.25, 0.3) is 0 Å². The quantitative estimate of drug-likeness (QED) is 0.661. The molecular formula is C13H18N2O3S. The van der Waals surface area contributed by atoms with Crippen molar-refractivity contribution in [3.8, 4) is 0 Å². The number of thioether (sulfide) groups is 1. The van der Waals surface area contributed by atoms with E-state index in [1.807, 2.05) is 18.8 Å². The first-order chi connectivity index (χ1) is 9.08. The minimum Gasteiger partial charge on any atom is -0.387 e. The Labute approximate surface area is 116 Å². The maximum atomic E-state index is 10.7. The summed E-state index contributed by atoms with van der Waals surface area (Å²) >= 11 is 1.93. The van der Waals surface area contributed by atoms with Crippen molar-refractivity contribution >= 4 is 17.4 Å². The van der Waals surface area contributed by atoms with Crippen LogP contribution >= 0.6 is 11.8 Å². The number of benzene rings is 1. The molecule has 2 atom stereocenters. The van der Waals surface area contributed by atoms with E-state index in [2.05, 4.69) is 4.90 Å². The average Bonchev–Trinajstić information content (AvgIpc) is 2.92. The van der Waals surface area contributed by atoms with E-state index in [0.29, 0.717) is 18.2 Å². The molecule has 104 valence electrons. The Balaban J connectivity index is 2.00. The van der Waals surface area contributed by atoms with Crippen molar-refractivity contribution < 1.29 is 10.0 Å². The summed E-state index contributed by atoms with van der Waals surface area (Å²) in [7, 11) is 2.00. The zero-order valence-corrected chi connectivity index (χ0v) is 11.7. The Bertz CT molecular complexity index is 449. The Kier molecular flexibility index (Phi) is 4.79. The molecule has 0 unspecified atom stereocenters. The molecule has 1 N–H and O–H groups in total. The number of rotatable bonds is 5. The SMILES string of the molecule is CN(C[C@H](O)c1cccc([N+](=O)[O-])c1)[C@H]1CCSC1. The van der Waals surface area contributed by atoms with Gasteiger partial charge >= 0.3 is 0 Å². The van der Waals surface area contributed by atoms with Crippen LogP contribution < -0.4 is 0 Å². The van der Waals surface area contributed by atoms with E-state index < -0.39 is 11.0 Å². The molecule has 2 rings (SSSR count). The molecule has 1 fully saturated rings. The Hall–Kier alpha value is -1.11. The lowest BCUT2D eigenvalue weighted by Gasteiger charge is -2.26. The largest absolute Gasteiger partial charge is 0.387 e. The number of nitrogens with zero attached hydrogens (tertiary/aromatic N) is 2. The van der Waals surface area contributed by atoms with E-state index in [0.717, 1.165) is 12.2 Å². The summed E-state index contributed by atoms with van der Waals surface area (Å²) in [5.74, 6) is 2.26. The fraction of sp³-hybridized carbons (Fsp3) is 0.538. The Morgan fingerprint density at radius 3 is 3.05 bits per heavy atom. The monoisotopic (exact) mass is 282 g/mol. The number of hydrogen-bond donors (Lipinski definition) is 1. The summed E-state index contributed by atoms with van der Waals surface area (Å²) in [6.07, 6.45) is 0.457. The van der Waals surface area contributed by atoms with Gasteiger partial charge in [0.25, 0.3) is 5.69 Å². The molecular weight excluding hydrogens is 264 g/mol. The Morgan fingerprint density at radius 2 is 2.42 bits per heavy atom. The molecule has 1 aliphatic heterocycles. The molecule has 19 heavy (non-hydrogen) atoms. The van der Waals surface area contributed by atoms with Gasteiger partial charge in [-0.2, -0.15) is 11.8 Å². The third-order valence-corrected chi connectivity index (χ3v) is 4.60. The summed E-state index contributed by atoms with van der Waals surface area (Å²) in [5, 5.41) is 20.9. The van der Waals surface area contributed by atoms with Gasteiger partial charge in [0.15, 0.2) is 0 Å². The minimum absolute atomic E-state index is 0.0237. The molecule has 0 bridgehead atoms. The third-order valence-electron chi connectivity index (χ3n) is 3.46. The van der Waals surface area contributed by atoms with Crippen LogP contribution in [0.4, 0.5) is 5.69 Å². The zero-order valence-electron chi connectivity index (χ0n) is 10.9. The molecule has 1 aromatic carbocycles. The molecule has 1 aliphatic rings. The first-order valence-electron chi connectivity index (χ1n) is 6.28. The van der Waals surface area contributed by atoms with Gasteiger partial charge in [-0.15, -0.1) is 0 Å². The third kappa shape index (κ3) is 3.68. The maximum absolute atomic E-state index is 10.7. The van der Waals surface area contributed by atoms with Crippen LogP contribution in [-0.2, 0) is 0 Å². The Morgan fingerprint density at radius 1 is 1.63 bits per heavy atom. The van der Waals surface area contributed by atoms with E-state index in [-0.39, 0.29) is 5.69 Å². The van der Waals surface area contributed by atoms with E-state index in [1.165, 1.54) is 17.9 Å². The first kappa shape index (κ1) is 14.3. The molecule has 1 heterocycles. The van der Waals surface area contributed by atoms with Gasteiger partial charge in [-0.05, 0) is 24.8 Å². The molecule has 0 aliphatic carbocycles. The van der Waals surface area contributed by atoms with Gasteiger partial charge in [0.2, 0.25) is 0 Å². The molecule has 0 saturated carbocycles. The van der Waals surface area contributed by atoms with Crippen molar-refractivity contribution in [3.05, 3.63) is 39.9 Å². The van der Waals surface area contributed by atoms with Crippen molar-refractivity contribution in [2.45, 2.75) is 18.6 Å². The number of non-ortho nitro benzene ring substituents is 1. The topological polar surface area (TPSA) is 66.6 Å². The average molecular weight is 282 g/mol. The van der Waals surface area contributed by atoms with E-state index in [4.69, 9.17) is 0 Å². The lowest BCUT2D eigenvalue weighted by Crippen LogP contribution is -2.34. The van der Waals surface area contributed by atoms with Gasteiger partial charge in [0.05, 0.1) is 11.0 Å². The summed E-state index contributed by atoms with van der Waals surface area (Å²) in [5.41, 5.74) is 0.627. The van der Waals surface area contributed by atoms with Crippen LogP contribution in [0.2, 0.25) is 0 Å². The number of aliphatic hydroxyl groups is 1. The van der Waals surface area contributed by atoms with E-state index in [9.17, 15) is 15.2 Å². The maximum Gasteiger partial charge on any atom is 0.269 e. The molecule has 1 aromatic rings. The lowest BCUT2D eigenvalue weighted by atomic mass is 10.1. The molecule has 0 spiro atoms. The number of hydrogen-bond acceptors (Lipinski definition) is 5. The van der Waals surface area contributed by atoms with E-state index in [1.54, 1.807) is 12.1 Å². The predicted molar refractivity (Wildman–Crippen MR) is 76.4 cm³/mol. The van der Waals surface area contributed by atoms with Crippen molar-refractivity contribution in [1.82, 2.24) is 4.90 Å². The number of nitro benzene ring substituents is 1. The van der Waals surface area contributed by atoms with E-state index >= 15 is 0 Å². The molecule has 5 nitrogen and oxygen atoms in total. The number of nitro groups is 1. The van der Waals surface area contributed by atoms with Crippen LogP contribution in [0.15, 0.2) is 24.3 Å². The van der Waals surface area contributed by atoms with Crippen LogP contribution in [0, 0.1) is 10.1 Å². The number of aliphatic hydroxyl groups excluding tert-OH is 1. The smallest absolute Gasteiger partial charge is 0.269 e. The van der Waals surface area contributed by atoms with Crippen molar-refractivity contribution in [2.75, 3.05) is 25.1 Å². The van der Waals surface area contributed by atoms with Gasteiger partial charge in [-0.25, -0.2) is 0 Å². The highest BCUT2D eigenvalue weighted by atomic mass is 32.2. The van der Waals surface area contributed by atoms with Gasteiger partial charge in [0, 0.05) is 30.5 Å². The second-order valence-corrected chi connectivity index (χ2v) is 5.97. The van der Waals surface area contributed by atoms with Crippen LogP contribution in [-0.4, -0.2) is 46.1 Å². The highest BCUT2D eigenvalue weighted by Gasteiger charge is 2.22. The highest BCUT2D eigenvalue weighted by Crippen LogP contribution is 2.24. The van der Waals surface area contributed by atoms with Crippen molar-refractivity contribution in [1.29, 1.82) is 0 Å². The van der Waals surface area contributed by atoms with Crippen LogP contribution in [0.3, 0.4) is 0 Å². The van der Waals surface area contributed by atoms with Crippen LogP contribution in [0.1, 0.15) is 18.1 Å². The minimum atomic E-state index is -0.685. The summed E-state index contributed by atoms with van der Waals surface area (Å²) in [4.78, 5) is 12.4. The fourth-order valence-corrected chi connectivity index (χ4v) is 3.54. The predicted octanol–water partition coefficient (Wildman–Crippen LogP) is 2.07. The normalized spacial score (nSPS) is 20.7. The highest BCUT2D eigenvalue weighted by molar-refractivity contribution is 7.99. The second kappa shape index (κ2) is 6.36. The van der Waals surface area contributed by atoms with Crippen LogP contribution in [0.5, 0.6) is 0 Å². The molecule has 0 radical (unpaired) electrons. The van der Waals surface area contributed by atoms with Gasteiger partial charge in [-0.1, -0.05) is 12.1 Å². The summed E-state index contributed by atoms with van der Waals surface area (Å²) < 4.78 is 0. The van der Waals surface area contributed by atoms with Gasteiger partial charge in [-0.3, -0.25) is 15.0 Å². The van der Waals surface area contributed by atoms with Crippen molar-refractivity contribution in [2.24, 2.45) is 0 Å². The first-order valence-corrected chi connectivity index (χ1v) is 7.44. The standard InChI is InChI=1S/C13H18N2O3S/c1-14(12-5-6-19-9-12)8-13(16)10-3-2-4-11(7-10)15(17)18/h2-4,7,12-13,16H,5-6,8-9H2,1H3/t12-,13-/m0/s1. The van der Waals surface area contributed by atoms with Gasteiger partial charge in [0.1, 0.15) is 0 Å².